The fraction of sp³-hybridized carbons (Fsp3) is 0.476. The van der Waals surface area contributed by atoms with Crippen LogP contribution >= 0.6 is 0 Å². The number of sulfonamides is 1. The van der Waals surface area contributed by atoms with Crippen LogP contribution in [0.5, 0.6) is 0 Å². The van der Waals surface area contributed by atoms with Gasteiger partial charge in [0.25, 0.3) is 5.56 Å². The first kappa shape index (κ1) is 17.2. The van der Waals surface area contributed by atoms with Gasteiger partial charge in [0.15, 0.2) is 0 Å². The van der Waals surface area contributed by atoms with Crippen LogP contribution in [0.25, 0.3) is 0 Å². The molecule has 3 heterocycles. The maximum Gasteiger partial charge on any atom is 0.250 e. The Hall–Kier alpha value is -1.92. The van der Waals surface area contributed by atoms with Crippen LogP contribution < -0.4 is 5.56 Å². The van der Waals surface area contributed by atoms with Gasteiger partial charge in [-0.15, -0.1) is 0 Å². The van der Waals surface area contributed by atoms with Crippen molar-refractivity contribution in [1.29, 1.82) is 0 Å². The summed E-state index contributed by atoms with van der Waals surface area (Å²) < 4.78 is 30.2. The highest BCUT2D eigenvalue weighted by Gasteiger charge is 2.39. The minimum absolute atomic E-state index is 0.0215. The third-order valence-electron chi connectivity index (χ3n) is 6.40. The molecule has 6 heteroatoms. The van der Waals surface area contributed by atoms with E-state index in [2.05, 4.69) is 0 Å². The predicted octanol–water partition coefficient (Wildman–Crippen LogP) is 2.54. The van der Waals surface area contributed by atoms with Crippen LogP contribution in [-0.4, -0.2) is 30.4 Å². The molecular formula is C21H24N2O3S. The van der Waals surface area contributed by atoms with Gasteiger partial charge >= 0.3 is 0 Å². The molecule has 1 fully saturated rings. The fourth-order valence-electron chi connectivity index (χ4n) is 5.07. The molecular weight excluding hydrogens is 360 g/mol. The zero-order chi connectivity index (χ0) is 18.6. The number of aromatic nitrogens is 1. The standard InChI is InChI=1S/C21H24N2O3S/c24-21-7-3-6-20-18-10-15(13-23(20)21)12-22(14-18)27(25,26)19-9-8-16-4-1-2-5-17(16)11-19/h3,6-9,11,15,18H,1-2,4-5,10,12-14H2/t15-,18+/m1/s1. The number of pyridine rings is 1. The Balaban J connectivity index is 1.48. The van der Waals surface area contributed by atoms with Crippen LogP contribution in [0, 0.1) is 5.92 Å². The number of benzene rings is 1. The van der Waals surface area contributed by atoms with Gasteiger partial charge in [-0.25, -0.2) is 8.42 Å². The first-order chi connectivity index (χ1) is 13.0. The monoisotopic (exact) mass is 384 g/mol. The molecule has 0 N–H and O–H groups in total. The van der Waals surface area contributed by atoms with E-state index in [1.54, 1.807) is 22.5 Å². The lowest BCUT2D eigenvalue weighted by atomic mass is 9.84. The Morgan fingerprint density at radius 1 is 0.926 bits per heavy atom. The molecule has 2 aliphatic heterocycles. The van der Waals surface area contributed by atoms with Crippen molar-refractivity contribution in [2.24, 2.45) is 5.92 Å². The van der Waals surface area contributed by atoms with Crippen molar-refractivity contribution in [3.8, 4) is 0 Å². The summed E-state index contributed by atoms with van der Waals surface area (Å²) in [4.78, 5) is 12.6. The van der Waals surface area contributed by atoms with Gasteiger partial charge in [0.2, 0.25) is 10.0 Å². The number of hydrogen-bond donors (Lipinski definition) is 0. The highest BCUT2D eigenvalue weighted by atomic mass is 32.2. The topological polar surface area (TPSA) is 59.4 Å². The molecule has 3 aliphatic rings. The molecule has 1 aromatic carbocycles. The molecule has 0 saturated carbocycles. The van der Waals surface area contributed by atoms with E-state index in [0.29, 0.717) is 24.5 Å². The largest absolute Gasteiger partial charge is 0.312 e. The van der Waals surface area contributed by atoms with Crippen molar-refractivity contribution in [2.45, 2.75) is 49.5 Å². The second-order valence-corrected chi connectivity index (χ2v) is 10.1. The van der Waals surface area contributed by atoms with Crippen LogP contribution in [-0.2, 0) is 29.4 Å². The zero-order valence-corrected chi connectivity index (χ0v) is 16.1. The highest BCUT2D eigenvalue weighted by molar-refractivity contribution is 7.89. The van der Waals surface area contributed by atoms with Crippen LogP contribution in [0.2, 0.25) is 0 Å². The third kappa shape index (κ3) is 2.86. The van der Waals surface area contributed by atoms with Gasteiger partial charge in [-0.2, -0.15) is 4.31 Å². The molecule has 27 heavy (non-hydrogen) atoms. The average Bonchev–Trinajstić information content (AvgIpc) is 2.68. The molecule has 1 saturated heterocycles. The zero-order valence-electron chi connectivity index (χ0n) is 15.3. The van der Waals surface area contributed by atoms with Gasteiger partial charge < -0.3 is 4.57 Å². The van der Waals surface area contributed by atoms with E-state index < -0.39 is 10.0 Å². The summed E-state index contributed by atoms with van der Waals surface area (Å²) in [5.41, 5.74) is 3.48. The summed E-state index contributed by atoms with van der Waals surface area (Å²) in [5.74, 6) is 0.294. The molecule has 1 aromatic heterocycles. The van der Waals surface area contributed by atoms with Gasteiger partial charge in [0.1, 0.15) is 0 Å². The second kappa shape index (κ2) is 6.31. The number of piperidine rings is 1. The molecule has 2 atom stereocenters. The molecule has 0 spiro atoms. The number of aryl methyl sites for hydroxylation is 2. The van der Waals surface area contributed by atoms with E-state index in [1.807, 2.05) is 22.8 Å². The lowest BCUT2D eigenvalue weighted by Gasteiger charge is -2.42. The van der Waals surface area contributed by atoms with Gasteiger partial charge in [-0.3, -0.25) is 4.79 Å². The Labute approximate surface area is 159 Å². The summed E-state index contributed by atoms with van der Waals surface area (Å²) >= 11 is 0. The van der Waals surface area contributed by atoms with E-state index in [4.69, 9.17) is 0 Å². The first-order valence-corrected chi connectivity index (χ1v) is 11.3. The summed E-state index contributed by atoms with van der Waals surface area (Å²) in [6.07, 6.45) is 5.30. The SMILES string of the molecule is O=c1cccc2n1C[C@@H]1C[C@H]2CN(S(=O)(=O)c2ccc3c(c2)CCCC3)C1. The van der Waals surface area contributed by atoms with Crippen molar-refractivity contribution >= 4 is 10.0 Å². The normalized spacial score (nSPS) is 24.9. The van der Waals surface area contributed by atoms with Crippen molar-refractivity contribution in [3.05, 3.63) is 63.6 Å². The molecule has 0 amide bonds. The lowest BCUT2D eigenvalue weighted by molar-refractivity contribution is 0.186. The fourth-order valence-corrected chi connectivity index (χ4v) is 6.68. The van der Waals surface area contributed by atoms with Gasteiger partial charge in [0.05, 0.1) is 4.90 Å². The van der Waals surface area contributed by atoms with E-state index in [9.17, 15) is 13.2 Å². The highest BCUT2D eigenvalue weighted by Crippen LogP contribution is 2.37. The molecule has 2 bridgehead atoms. The summed E-state index contributed by atoms with van der Waals surface area (Å²) in [5, 5.41) is 0. The average molecular weight is 385 g/mol. The summed E-state index contributed by atoms with van der Waals surface area (Å²) in [7, 11) is -3.50. The Morgan fingerprint density at radius 3 is 2.59 bits per heavy atom. The number of fused-ring (bicyclic) bond motifs is 5. The van der Waals surface area contributed by atoms with Gasteiger partial charge in [-0.05, 0) is 67.3 Å². The van der Waals surface area contributed by atoms with E-state index in [1.165, 1.54) is 17.5 Å². The minimum atomic E-state index is -3.50. The lowest BCUT2D eigenvalue weighted by Crippen LogP contribution is -2.49. The van der Waals surface area contributed by atoms with Crippen molar-refractivity contribution in [1.82, 2.24) is 8.87 Å². The maximum absolute atomic E-state index is 13.3. The Morgan fingerprint density at radius 2 is 1.74 bits per heavy atom. The van der Waals surface area contributed by atoms with Crippen molar-refractivity contribution < 1.29 is 8.42 Å². The Kier molecular flexibility index (Phi) is 4.02. The predicted molar refractivity (Wildman–Crippen MR) is 103 cm³/mol. The van der Waals surface area contributed by atoms with E-state index >= 15 is 0 Å². The summed E-state index contributed by atoms with van der Waals surface area (Å²) in [6, 6.07) is 11.0. The van der Waals surface area contributed by atoms with Gasteiger partial charge in [-0.1, -0.05) is 12.1 Å². The molecule has 0 radical (unpaired) electrons. The maximum atomic E-state index is 13.3. The van der Waals surface area contributed by atoms with Crippen LogP contribution in [0.4, 0.5) is 0 Å². The van der Waals surface area contributed by atoms with Gasteiger partial charge in [0, 0.05) is 37.3 Å². The molecule has 2 aromatic rings. The van der Waals surface area contributed by atoms with Crippen LogP contribution in [0.15, 0.2) is 46.1 Å². The molecule has 1 aliphatic carbocycles. The number of rotatable bonds is 2. The van der Waals surface area contributed by atoms with E-state index in [0.717, 1.165) is 31.4 Å². The molecule has 5 nitrogen and oxygen atoms in total. The Bertz CT molecular complexity index is 1060. The van der Waals surface area contributed by atoms with Crippen molar-refractivity contribution in [3.63, 3.8) is 0 Å². The van der Waals surface area contributed by atoms with Crippen LogP contribution in [0.3, 0.4) is 0 Å². The van der Waals surface area contributed by atoms with E-state index in [-0.39, 0.29) is 17.4 Å². The van der Waals surface area contributed by atoms with Crippen LogP contribution in [0.1, 0.15) is 42.0 Å². The summed E-state index contributed by atoms with van der Waals surface area (Å²) in [6.45, 7) is 1.57. The number of nitrogens with zero attached hydrogens (tertiary/aromatic N) is 2. The first-order valence-electron chi connectivity index (χ1n) is 9.84. The smallest absolute Gasteiger partial charge is 0.250 e. The molecule has 142 valence electrons. The molecule has 5 rings (SSSR count). The minimum Gasteiger partial charge on any atom is -0.312 e. The quantitative estimate of drug-likeness (QED) is 0.799. The molecule has 0 unspecified atom stereocenters. The number of hydrogen-bond acceptors (Lipinski definition) is 3. The third-order valence-corrected chi connectivity index (χ3v) is 8.23. The van der Waals surface area contributed by atoms with Crippen molar-refractivity contribution in [2.75, 3.05) is 13.1 Å². The second-order valence-electron chi connectivity index (χ2n) is 8.16.